The first-order valence-electron chi connectivity index (χ1n) is 9.76. The number of furan rings is 1. The first kappa shape index (κ1) is 19.6. The highest BCUT2D eigenvalue weighted by Gasteiger charge is 2.20. The van der Waals surface area contributed by atoms with Gasteiger partial charge >= 0.3 is 0 Å². The zero-order valence-corrected chi connectivity index (χ0v) is 17.7. The molecule has 4 rings (SSSR count). The van der Waals surface area contributed by atoms with E-state index in [4.69, 9.17) is 4.42 Å². The Morgan fingerprint density at radius 3 is 2.86 bits per heavy atom. The van der Waals surface area contributed by atoms with Crippen molar-refractivity contribution in [2.45, 2.75) is 32.7 Å². The van der Waals surface area contributed by atoms with Crippen molar-refractivity contribution in [1.82, 2.24) is 15.3 Å². The van der Waals surface area contributed by atoms with Crippen molar-refractivity contribution >= 4 is 39.7 Å². The smallest absolute Gasteiger partial charge is 0.225 e. The van der Waals surface area contributed by atoms with Gasteiger partial charge in [0.2, 0.25) is 5.91 Å². The summed E-state index contributed by atoms with van der Waals surface area (Å²) in [5, 5.41) is 4.18. The number of hydrogen-bond donors (Lipinski definition) is 2. The minimum atomic E-state index is -0.149. The third-order valence-corrected chi connectivity index (χ3v) is 6.02. The van der Waals surface area contributed by atoms with Crippen LogP contribution < -0.4 is 5.32 Å². The van der Waals surface area contributed by atoms with Crippen LogP contribution >= 0.6 is 11.8 Å². The number of carbonyl (C=O) groups is 1. The van der Waals surface area contributed by atoms with E-state index in [1.165, 1.54) is 5.56 Å². The predicted octanol–water partition coefficient (Wildman–Crippen LogP) is 5.08. The van der Waals surface area contributed by atoms with Crippen LogP contribution in [-0.2, 0) is 11.2 Å². The van der Waals surface area contributed by atoms with Crippen molar-refractivity contribution in [2.75, 3.05) is 12.0 Å². The zero-order chi connectivity index (χ0) is 20.4. The number of nitrogens with zero attached hydrogens (tertiary/aromatic N) is 1. The van der Waals surface area contributed by atoms with E-state index in [1.807, 2.05) is 37.3 Å². The third-order valence-electron chi connectivity index (χ3n) is 5.38. The molecule has 6 heteroatoms. The summed E-state index contributed by atoms with van der Waals surface area (Å²) in [4.78, 5) is 20.9. The summed E-state index contributed by atoms with van der Waals surface area (Å²) in [6.07, 6.45) is 4.87. The number of benzene rings is 2. The molecule has 1 atom stereocenters. The molecular formula is C23H25N3O2S. The van der Waals surface area contributed by atoms with Crippen LogP contribution in [0.5, 0.6) is 0 Å². The van der Waals surface area contributed by atoms with Crippen molar-refractivity contribution in [1.29, 1.82) is 0 Å². The number of imidazole rings is 1. The summed E-state index contributed by atoms with van der Waals surface area (Å²) in [7, 11) is 0. The Balaban J connectivity index is 1.54. The number of aryl methyl sites for hydroxylation is 2. The topological polar surface area (TPSA) is 70.9 Å². The third kappa shape index (κ3) is 4.03. The van der Waals surface area contributed by atoms with Gasteiger partial charge in [0, 0.05) is 10.9 Å². The first-order chi connectivity index (χ1) is 14.1. The Hall–Kier alpha value is -2.73. The fourth-order valence-electron chi connectivity index (χ4n) is 3.59. The molecule has 0 spiro atoms. The number of thioether (sulfide) groups is 1. The molecule has 2 aromatic heterocycles. The molecule has 4 aromatic rings. The summed E-state index contributed by atoms with van der Waals surface area (Å²) in [6, 6.07) is 11.9. The second-order valence-corrected chi connectivity index (χ2v) is 8.35. The van der Waals surface area contributed by atoms with Gasteiger partial charge in [0.25, 0.3) is 0 Å². The van der Waals surface area contributed by atoms with Gasteiger partial charge < -0.3 is 14.7 Å². The molecule has 1 amide bonds. The maximum atomic E-state index is 12.9. The average Bonchev–Trinajstić information content (AvgIpc) is 3.32. The minimum Gasteiger partial charge on any atom is -0.464 e. The van der Waals surface area contributed by atoms with Crippen LogP contribution in [0.2, 0.25) is 0 Å². The van der Waals surface area contributed by atoms with Crippen molar-refractivity contribution < 1.29 is 9.21 Å². The van der Waals surface area contributed by atoms with E-state index in [-0.39, 0.29) is 18.4 Å². The van der Waals surface area contributed by atoms with Crippen LogP contribution in [0.1, 0.15) is 35.0 Å². The molecule has 0 saturated carbocycles. The molecule has 0 saturated heterocycles. The molecule has 0 aliphatic heterocycles. The number of aromatic amines is 1. The number of nitrogens with one attached hydrogen (secondary N) is 2. The molecule has 0 unspecified atom stereocenters. The zero-order valence-electron chi connectivity index (χ0n) is 16.9. The number of H-pyrrole nitrogens is 1. The Labute approximate surface area is 174 Å². The number of rotatable bonds is 7. The van der Waals surface area contributed by atoms with Gasteiger partial charge in [-0.15, -0.1) is 0 Å². The fourth-order valence-corrected chi connectivity index (χ4v) is 4.07. The summed E-state index contributed by atoms with van der Waals surface area (Å²) >= 11 is 1.76. The lowest BCUT2D eigenvalue weighted by molar-refractivity contribution is -0.121. The first-order valence-corrected chi connectivity index (χ1v) is 11.2. The Morgan fingerprint density at radius 1 is 1.24 bits per heavy atom. The molecule has 0 bridgehead atoms. The van der Waals surface area contributed by atoms with Crippen LogP contribution in [0.15, 0.2) is 47.1 Å². The standard InChI is InChI=1S/C23H25N3O2S/c1-14-8-9-17-16(13-28-22(17)15(14)2)12-21(27)24-20(10-11-29-3)23-25-18-6-4-5-7-19(18)26-23/h4-9,13,20H,10-12H2,1-3H3,(H,24,27)(H,25,26)/t20-/m0/s1. The summed E-state index contributed by atoms with van der Waals surface area (Å²) in [5.74, 6) is 1.71. The molecule has 5 nitrogen and oxygen atoms in total. The normalized spacial score (nSPS) is 12.5. The highest BCUT2D eigenvalue weighted by atomic mass is 32.2. The second kappa shape index (κ2) is 8.33. The molecule has 0 aliphatic rings. The largest absolute Gasteiger partial charge is 0.464 e. The van der Waals surface area contributed by atoms with Crippen molar-refractivity contribution in [3.63, 3.8) is 0 Å². The van der Waals surface area contributed by atoms with Gasteiger partial charge in [-0.2, -0.15) is 11.8 Å². The molecule has 2 heterocycles. The van der Waals surface area contributed by atoms with Gasteiger partial charge in [0.1, 0.15) is 11.4 Å². The van der Waals surface area contributed by atoms with Gasteiger partial charge in [-0.25, -0.2) is 4.98 Å². The van der Waals surface area contributed by atoms with E-state index >= 15 is 0 Å². The maximum Gasteiger partial charge on any atom is 0.225 e. The van der Waals surface area contributed by atoms with Crippen LogP contribution in [-0.4, -0.2) is 27.9 Å². The van der Waals surface area contributed by atoms with E-state index in [1.54, 1.807) is 18.0 Å². The van der Waals surface area contributed by atoms with Crippen LogP contribution in [0.4, 0.5) is 0 Å². The molecule has 0 aliphatic carbocycles. The van der Waals surface area contributed by atoms with E-state index in [0.29, 0.717) is 0 Å². The van der Waals surface area contributed by atoms with E-state index in [2.05, 4.69) is 34.5 Å². The van der Waals surface area contributed by atoms with Crippen molar-refractivity contribution in [3.05, 3.63) is 65.2 Å². The van der Waals surface area contributed by atoms with Gasteiger partial charge in [0.05, 0.1) is 29.8 Å². The average molecular weight is 408 g/mol. The molecule has 2 aromatic carbocycles. The lowest BCUT2D eigenvalue weighted by Crippen LogP contribution is -2.31. The number of fused-ring (bicyclic) bond motifs is 2. The van der Waals surface area contributed by atoms with E-state index < -0.39 is 0 Å². The molecule has 29 heavy (non-hydrogen) atoms. The van der Waals surface area contributed by atoms with E-state index in [9.17, 15) is 4.79 Å². The van der Waals surface area contributed by atoms with Crippen LogP contribution in [0.3, 0.4) is 0 Å². The Morgan fingerprint density at radius 2 is 2.07 bits per heavy atom. The van der Waals surface area contributed by atoms with Crippen LogP contribution in [0.25, 0.3) is 22.0 Å². The minimum absolute atomic E-state index is 0.0301. The van der Waals surface area contributed by atoms with Crippen molar-refractivity contribution in [3.8, 4) is 0 Å². The van der Waals surface area contributed by atoms with Gasteiger partial charge in [0.15, 0.2) is 0 Å². The second-order valence-electron chi connectivity index (χ2n) is 7.36. The number of carbonyl (C=O) groups excluding carboxylic acids is 1. The SMILES string of the molecule is CSCC[C@H](NC(=O)Cc1coc2c(C)c(C)ccc12)c1nc2ccccc2[nH]1. The summed E-state index contributed by atoms with van der Waals surface area (Å²) in [6.45, 7) is 4.11. The highest BCUT2D eigenvalue weighted by Crippen LogP contribution is 2.27. The van der Waals surface area contributed by atoms with Crippen molar-refractivity contribution in [2.24, 2.45) is 0 Å². The fraction of sp³-hybridized carbons (Fsp3) is 0.304. The lowest BCUT2D eigenvalue weighted by atomic mass is 10.0. The number of para-hydroxylation sites is 2. The van der Waals surface area contributed by atoms with Crippen LogP contribution in [0, 0.1) is 13.8 Å². The molecule has 0 radical (unpaired) electrons. The maximum absolute atomic E-state index is 12.9. The van der Waals surface area contributed by atoms with Gasteiger partial charge in [-0.3, -0.25) is 4.79 Å². The number of hydrogen-bond acceptors (Lipinski definition) is 4. The molecule has 0 fully saturated rings. The molecule has 150 valence electrons. The highest BCUT2D eigenvalue weighted by molar-refractivity contribution is 7.98. The Kier molecular flexibility index (Phi) is 5.62. The predicted molar refractivity (Wildman–Crippen MR) is 119 cm³/mol. The number of amides is 1. The summed E-state index contributed by atoms with van der Waals surface area (Å²) in [5.41, 5.74) is 5.98. The Bertz CT molecular complexity index is 1130. The molecular weight excluding hydrogens is 382 g/mol. The van der Waals surface area contributed by atoms with Gasteiger partial charge in [-0.1, -0.05) is 24.3 Å². The monoisotopic (exact) mass is 407 g/mol. The quantitative estimate of drug-likeness (QED) is 0.448. The van der Waals surface area contributed by atoms with Gasteiger partial charge in [-0.05, 0) is 55.5 Å². The number of aromatic nitrogens is 2. The summed E-state index contributed by atoms with van der Waals surface area (Å²) < 4.78 is 5.75. The lowest BCUT2D eigenvalue weighted by Gasteiger charge is -2.16. The molecule has 2 N–H and O–H groups in total. The van der Waals surface area contributed by atoms with E-state index in [0.717, 1.165) is 51.1 Å².